The van der Waals surface area contributed by atoms with Crippen LogP contribution in [0.25, 0.3) is 0 Å². The topological polar surface area (TPSA) is 56.1 Å². The number of aromatic nitrogens is 4. The summed E-state index contributed by atoms with van der Waals surface area (Å²) in [7, 11) is 1.82. The molecule has 2 aromatic rings. The van der Waals surface area contributed by atoms with E-state index in [2.05, 4.69) is 38.5 Å². The van der Waals surface area contributed by atoms with Crippen molar-refractivity contribution in [2.24, 2.45) is 7.05 Å². The Balaban J connectivity index is 1.52. The molecule has 122 valence electrons. The van der Waals surface area contributed by atoms with Crippen molar-refractivity contribution in [2.45, 2.75) is 51.2 Å². The molecule has 2 heterocycles. The normalized spacial score (nSPS) is 17.7. The summed E-state index contributed by atoms with van der Waals surface area (Å²) in [6.07, 6.45) is 6.22. The summed E-state index contributed by atoms with van der Waals surface area (Å²) in [4.78, 5) is 4.05. The van der Waals surface area contributed by atoms with Crippen LogP contribution in [0.2, 0.25) is 0 Å². The first kappa shape index (κ1) is 14.6. The third-order valence-electron chi connectivity index (χ3n) is 4.87. The van der Waals surface area contributed by atoms with E-state index in [-0.39, 0.29) is 0 Å². The zero-order valence-electron chi connectivity index (χ0n) is 13.6. The molecule has 6 nitrogen and oxygen atoms in total. The number of fused-ring (bicyclic) bond motifs is 1. The van der Waals surface area contributed by atoms with Crippen LogP contribution in [-0.4, -0.2) is 37.8 Å². The molecule has 1 aromatic carbocycles. The minimum absolute atomic E-state index is 0.628. The van der Waals surface area contributed by atoms with Crippen LogP contribution in [0.3, 0.4) is 0 Å². The van der Waals surface area contributed by atoms with Gasteiger partial charge in [-0.2, -0.15) is 4.80 Å². The van der Waals surface area contributed by atoms with Crippen LogP contribution >= 0.6 is 0 Å². The number of aryl methyl sites for hydroxylation is 1. The second kappa shape index (κ2) is 6.28. The molecule has 6 heteroatoms. The van der Waals surface area contributed by atoms with Gasteiger partial charge in [0.05, 0.1) is 20.2 Å². The fraction of sp³-hybridized carbons (Fsp3) is 0.588. The Morgan fingerprint density at radius 1 is 1.26 bits per heavy atom. The van der Waals surface area contributed by atoms with Crippen LogP contribution in [0.5, 0.6) is 5.75 Å². The molecule has 1 saturated carbocycles. The Morgan fingerprint density at radius 2 is 2.13 bits per heavy atom. The van der Waals surface area contributed by atoms with E-state index >= 15 is 0 Å². The van der Waals surface area contributed by atoms with Crippen LogP contribution in [-0.2, 0) is 26.6 Å². The maximum absolute atomic E-state index is 5.61. The van der Waals surface area contributed by atoms with Crippen molar-refractivity contribution in [1.29, 1.82) is 0 Å². The van der Waals surface area contributed by atoms with Crippen LogP contribution in [0, 0.1) is 0 Å². The Labute approximate surface area is 136 Å². The van der Waals surface area contributed by atoms with Gasteiger partial charge in [-0.15, -0.1) is 10.2 Å². The third kappa shape index (κ3) is 3.22. The molecule has 0 bridgehead atoms. The maximum atomic E-state index is 5.61. The predicted molar refractivity (Wildman–Crippen MR) is 85.9 cm³/mol. The molecular weight excluding hydrogens is 290 g/mol. The van der Waals surface area contributed by atoms with Gasteiger partial charge in [-0.1, -0.05) is 25.0 Å². The first-order chi connectivity index (χ1) is 11.3. The van der Waals surface area contributed by atoms with Crippen LogP contribution in [0.1, 0.15) is 42.6 Å². The Bertz CT molecular complexity index is 677. The molecule has 23 heavy (non-hydrogen) atoms. The summed E-state index contributed by atoms with van der Waals surface area (Å²) in [5.74, 6) is 1.86. The average Bonchev–Trinajstić information content (AvgIpc) is 3.27. The lowest BCUT2D eigenvalue weighted by atomic mass is 10.1. The SMILES string of the molecule is Cn1nnc(CN(Cc2ccc3c(c2)CCO3)C2CCCC2)n1. The Morgan fingerprint density at radius 3 is 2.91 bits per heavy atom. The van der Waals surface area contributed by atoms with Gasteiger partial charge >= 0.3 is 0 Å². The number of benzene rings is 1. The summed E-state index contributed by atoms with van der Waals surface area (Å²) >= 11 is 0. The van der Waals surface area contributed by atoms with E-state index < -0.39 is 0 Å². The summed E-state index contributed by atoms with van der Waals surface area (Å²) in [5, 5.41) is 12.5. The molecule has 0 spiro atoms. The van der Waals surface area contributed by atoms with Gasteiger partial charge in [0.15, 0.2) is 5.82 Å². The van der Waals surface area contributed by atoms with Crippen molar-refractivity contribution in [3.05, 3.63) is 35.2 Å². The first-order valence-corrected chi connectivity index (χ1v) is 8.49. The quantitative estimate of drug-likeness (QED) is 0.846. The lowest BCUT2D eigenvalue weighted by molar-refractivity contribution is 0.175. The van der Waals surface area contributed by atoms with Gasteiger partial charge in [0, 0.05) is 19.0 Å². The largest absolute Gasteiger partial charge is 0.493 e. The zero-order valence-corrected chi connectivity index (χ0v) is 13.6. The van der Waals surface area contributed by atoms with Crippen molar-refractivity contribution in [3.63, 3.8) is 0 Å². The highest BCUT2D eigenvalue weighted by Crippen LogP contribution is 2.29. The van der Waals surface area contributed by atoms with Gasteiger partial charge in [-0.05, 0) is 35.2 Å². The summed E-state index contributed by atoms with van der Waals surface area (Å²) in [6.45, 7) is 2.52. The number of tetrazole rings is 1. The maximum Gasteiger partial charge on any atom is 0.188 e. The van der Waals surface area contributed by atoms with Gasteiger partial charge in [0.2, 0.25) is 0 Å². The van der Waals surface area contributed by atoms with Crippen LogP contribution in [0.15, 0.2) is 18.2 Å². The highest BCUT2D eigenvalue weighted by Gasteiger charge is 2.24. The molecular formula is C17H23N5O. The van der Waals surface area contributed by atoms with Crippen molar-refractivity contribution in [3.8, 4) is 5.75 Å². The van der Waals surface area contributed by atoms with E-state index in [4.69, 9.17) is 4.74 Å². The van der Waals surface area contributed by atoms with Gasteiger partial charge in [-0.25, -0.2) is 0 Å². The van der Waals surface area contributed by atoms with Gasteiger partial charge in [-0.3, -0.25) is 4.90 Å². The van der Waals surface area contributed by atoms with Crippen LogP contribution in [0.4, 0.5) is 0 Å². The molecule has 0 saturated heterocycles. The third-order valence-corrected chi connectivity index (χ3v) is 4.87. The number of nitrogens with zero attached hydrogens (tertiary/aromatic N) is 5. The van der Waals surface area contributed by atoms with Crippen molar-refractivity contribution in [2.75, 3.05) is 6.61 Å². The monoisotopic (exact) mass is 313 g/mol. The number of hydrogen-bond donors (Lipinski definition) is 0. The van der Waals surface area contributed by atoms with Gasteiger partial charge in [0.1, 0.15) is 5.75 Å². The van der Waals surface area contributed by atoms with Crippen molar-refractivity contribution < 1.29 is 4.74 Å². The second-order valence-corrected chi connectivity index (χ2v) is 6.58. The van der Waals surface area contributed by atoms with Crippen molar-refractivity contribution in [1.82, 2.24) is 25.1 Å². The molecule has 2 aliphatic rings. The van der Waals surface area contributed by atoms with E-state index in [1.807, 2.05) is 7.05 Å². The van der Waals surface area contributed by atoms with E-state index in [1.54, 1.807) is 0 Å². The van der Waals surface area contributed by atoms with Gasteiger partial charge in [0.25, 0.3) is 0 Å². The second-order valence-electron chi connectivity index (χ2n) is 6.58. The summed E-state index contributed by atoms with van der Waals surface area (Å²) in [5.41, 5.74) is 2.69. The van der Waals surface area contributed by atoms with Crippen LogP contribution < -0.4 is 4.74 Å². The van der Waals surface area contributed by atoms with Gasteiger partial charge < -0.3 is 4.74 Å². The minimum atomic E-state index is 0.628. The molecule has 0 amide bonds. The summed E-state index contributed by atoms with van der Waals surface area (Å²) in [6, 6.07) is 7.23. The van der Waals surface area contributed by atoms with E-state index in [1.165, 1.54) is 41.6 Å². The minimum Gasteiger partial charge on any atom is -0.493 e. The smallest absolute Gasteiger partial charge is 0.188 e. The lowest BCUT2D eigenvalue weighted by Gasteiger charge is -2.27. The molecule has 1 aliphatic heterocycles. The zero-order chi connectivity index (χ0) is 15.6. The number of rotatable bonds is 5. The molecule has 0 N–H and O–H groups in total. The number of ether oxygens (including phenoxy) is 1. The van der Waals surface area contributed by atoms with E-state index in [9.17, 15) is 0 Å². The molecule has 0 unspecified atom stereocenters. The standard InChI is InChI=1S/C17H23N5O/c1-21-19-17(18-20-21)12-22(15-4-2-3-5-15)11-13-6-7-16-14(10-13)8-9-23-16/h6-7,10,15H,2-5,8-9,11-12H2,1H3. The molecule has 0 atom stereocenters. The van der Waals surface area contributed by atoms with E-state index in [0.29, 0.717) is 6.04 Å². The van der Waals surface area contributed by atoms with Crippen molar-refractivity contribution >= 4 is 0 Å². The molecule has 1 fully saturated rings. The lowest BCUT2D eigenvalue weighted by Crippen LogP contribution is -2.32. The molecule has 1 aliphatic carbocycles. The van der Waals surface area contributed by atoms with E-state index in [0.717, 1.165) is 37.7 Å². The predicted octanol–water partition coefficient (Wildman–Crippen LogP) is 2.09. The molecule has 4 rings (SSSR count). The first-order valence-electron chi connectivity index (χ1n) is 8.49. The summed E-state index contributed by atoms with van der Waals surface area (Å²) < 4.78 is 5.61. The highest BCUT2D eigenvalue weighted by molar-refractivity contribution is 5.39. The average molecular weight is 313 g/mol. The Hall–Kier alpha value is -1.95. The molecule has 1 aromatic heterocycles. The molecule has 0 radical (unpaired) electrons. The fourth-order valence-electron chi connectivity index (χ4n) is 3.72. The fourth-order valence-corrected chi connectivity index (χ4v) is 3.72. The highest BCUT2D eigenvalue weighted by atomic mass is 16.5. The number of hydrogen-bond acceptors (Lipinski definition) is 5. The Kier molecular flexibility index (Phi) is 3.99.